The first kappa shape index (κ1) is 8.54. The van der Waals surface area contributed by atoms with Crippen LogP contribution in [0.15, 0.2) is 24.3 Å². The van der Waals surface area contributed by atoms with E-state index in [1.54, 1.807) is 0 Å². The van der Waals surface area contributed by atoms with Gasteiger partial charge in [-0.05, 0) is 23.8 Å². The van der Waals surface area contributed by atoms with E-state index in [0.29, 0.717) is 11.8 Å². The topological polar surface area (TPSA) is 20.2 Å². The molecule has 1 rings (SSSR count). The number of aliphatic hydroxyl groups is 1. The molecule has 0 radical (unpaired) electrons. The van der Waals surface area contributed by atoms with Crippen LogP contribution in [0.4, 0.5) is 0 Å². The highest BCUT2D eigenvalue weighted by molar-refractivity contribution is 5.23. The third-order valence-corrected chi connectivity index (χ3v) is 2.34. The van der Waals surface area contributed by atoms with Gasteiger partial charge in [-0.25, -0.2) is 0 Å². The molecule has 0 spiro atoms. The molecule has 0 bridgehead atoms. The van der Waals surface area contributed by atoms with Gasteiger partial charge in [0.1, 0.15) is 0 Å². The highest BCUT2D eigenvalue weighted by Gasteiger charge is 2.20. The maximum atomic E-state index is 9.45. The van der Waals surface area contributed by atoms with Gasteiger partial charge in [0.25, 0.3) is 0 Å². The first-order chi connectivity index (χ1) is 5.11. The molecule has 0 aromatic carbocycles. The smallest absolute Gasteiger partial charge is 0.0790 e. The number of allylic oxidation sites excluding steroid dienone is 1. The van der Waals surface area contributed by atoms with Gasteiger partial charge in [-0.2, -0.15) is 0 Å². The van der Waals surface area contributed by atoms with Crippen molar-refractivity contribution in [2.24, 2.45) is 11.8 Å². The predicted octanol–water partition coefficient (Wildman–Crippen LogP) is 2.14. The molecular formula is C10H16O. The quantitative estimate of drug-likeness (QED) is 0.610. The second-order valence-electron chi connectivity index (χ2n) is 3.59. The van der Waals surface area contributed by atoms with Gasteiger partial charge in [-0.3, -0.25) is 0 Å². The molecule has 1 aliphatic carbocycles. The maximum Gasteiger partial charge on any atom is 0.0790 e. The molecule has 1 heteroatoms. The third kappa shape index (κ3) is 1.93. The summed E-state index contributed by atoms with van der Waals surface area (Å²) in [5.74, 6) is 1.14. The number of hydrogen-bond acceptors (Lipinski definition) is 1. The van der Waals surface area contributed by atoms with E-state index in [0.717, 1.165) is 12.0 Å². The van der Waals surface area contributed by atoms with Crippen molar-refractivity contribution >= 4 is 0 Å². The average Bonchev–Trinajstić information content (AvgIpc) is 1.94. The maximum absolute atomic E-state index is 9.45. The predicted molar refractivity (Wildman–Crippen MR) is 47.2 cm³/mol. The lowest BCUT2D eigenvalue weighted by molar-refractivity contribution is 0.172. The largest absolute Gasteiger partial charge is 0.388 e. The van der Waals surface area contributed by atoms with E-state index in [4.69, 9.17) is 0 Å². The molecule has 0 amide bonds. The highest BCUT2D eigenvalue weighted by Crippen LogP contribution is 2.26. The molecular weight excluding hydrogens is 136 g/mol. The average molecular weight is 152 g/mol. The molecule has 0 aliphatic heterocycles. The van der Waals surface area contributed by atoms with Gasteiger partial charge in [-0.1, -0.05) is 32.6 Å². The normalized spacial score (nSPS) is 31.5. The number of aliphatic hydroxyl groups excluding tert-OH is 1. The minimum Gasteiger partial charge on any atom is -0.388 e. The van der Waals surface area contributed by atoms with E-state index < -0.39 is 0 Å². The summed E-state index contributed by atoms with van der Waals surface area (Å²) in [7, 11) is 0. The van der Waals surface area contributed by atoms with Gasteiger partial charge >= 0.3 is 0 Å². The fourth-order valence-electron chi connectivity index (χ4n) is 1.34. The lowest BCUT2D eigenvalue weighted by atomic mass is 9.84. The Hall–Kier alpha value is -0.560. The highest BCUT2D eigenvalue weighted by atomic mass is 16.3. The van der Waals surface area contributed by atoms with Crippen LogP contribution in [0, 0.1) is 11.8 Å². The van der Waals surface area contributed by atoms with Gasteiger partial charge in [0, 0.05) is 0 Å². The summed E-state index contributed by atoms with van der Waals surface area (Å²) in [4.78, 5) is 0. The van der Waals surface area contributed by atoms with Crippen LogP contribution >= 0.6 is 0 Å². The Morgan fingerprint density at radius 3 is 2.73 bits per heavy atom. The second kappa shape index (κ2) is 3.22. The molecule has 0 aromatic heterocycles. The first-order valence-electron chi connectivity index (χ1n) is 4.16. The van der Waals surface area contributed by atoms with Crippen molar-refractivity contribution in [2.45, 2.75) is 26.4 Å². The Morgan fingerprint density at radius 1 is 1.64 bits per heavy atom. The number of hydrogen-bond donors (Lipinski definition) is 1. The zero-order chi connectivity index (χ0) is 8.43. The molecule has 2 atom stereocenters. The third-order valence-electron chi connectivity index (χ3n) is 2.34. The lowest BCUT2D eigenvalue weighted by Gasteiger charge is -2.25. The molecule has 0 saturated heterocycles. The van der Waals surface area contributed by atoms with Crippen molar-refractivity contribution < 1.29 is 5.11 Å². The van der Waals surface area contributed by atoms with E-state index in [1.807, 2.05) is 6.08 Å². The van der Waals surface area contributed by atoms with Gasteiger partial charge in [0.2, 0.25) is 0 Å². The van der Waals surface area contributed by atoms with Crippen molar-refractivity contribution in [1.29, 1.82) is 0 Å². The van der Waals surface area contributed by atoms with Crippen molar-refractivity contribution in [1.82, 2.24) is 0 Å². The Morgan fingerprint density at radius 2 is 2.27 bits per heavy atom. The van der Waals surface area contributed by atoms with Gasteiger partial charge in [0.05, 0.1) is 6.10 Å². The van der Waals surface area contributed by atoms with Crippen molar-refractivity contribution in [3.63, 3.8) is 0 Å². The van der Waals surface area contributed by atoms with E-state index in [-0.39, 0.29) is 6.10 Å². The van der Waals surface area contributed by atoms with Crippen LogP contribution in [0.2, 0.25) is 0 Å². The molecule has 1 N–H and O–H groups in total. The van der Waals surface area contributed by atoms with Gasteiger partial charge in [-0.15, -0.1) is 0 Å². The summed E-state index contributed by atoms with van der Waals surface area (Å²) >= 11 is 0. The van der Waals surface area contributed by atoms with Gasteiger partial charge < -0.3 is 5.11 Å². The Labute approximate surface area is 68.4 Å². The van der Waals surface area contributed by atoms with E-state index in [9.17, 15) is 5.11 Å². The molecule has 11 heavy (non-hydrogen) atoms. The fraction of sp³-hybridized carbons (Fsp3) is 0.600. The summed E-state index contributed by atoms with van der Waals surface area (Å²) in [5.41, 5.74) is 0.849. The van der Waals surface area contributed by atoms with Crippen LogP contribution in [0.3, 0.4) is 0 Å². The zero-order valence-electron chi connectivity index (χ0n) is 7.25. The summed E-state index contributed by atoms with van der Waals surface area (Å²) in [6, 6.07) is 0. The molecule has 1 aliphatic rings. The Kier molecular flexibility index (Phi) is 2.50. The fourth-order valence-corrected chi connectivity index (χ4v) is 1.34. The van der Waals surface area contributed by atoms with E-state index in [2.05, 4.69) is 26.5 Å². The van der Waals surface area contributed by atoms with Crippen LogP contribution < -0.4 is 0 Å². The second-order valence-corrected chi connectivity index (χ2v) is 3.59. The monoisotopic (exact) mass is 152 g/mol. The molecule has 62 valence electrons. The molecule has 0 heterocycles. The molecule has 1 nitrogen and oxygen atoms in total. The van der Waals surface area contributed by atoms with Gasteiger partial charge in [0.15, 0.2) is 0 Å². The standard InChI is InChI=1S/C10H16O/c1-7(2)9-5-4-8(3)10(11)6-9/h4-5,7,9-11H,3,6H2,1-2H3/t9-,10+/m0/s1. The number of rotatable bonds is 1. The summed E-state index contributed by atoms with van der Waals surface area (Å²) in [6.07, 6.45) is 4.62. The van der Waals surface area contributed by atoms with Crippen LogP contribution in [0.25, 0.3) is 0 Å². The minimum absolute atomic E-state index is 0.313. The molecule has 0 aromatic rings. The first-order valence-corrected chi connectivity index (χ1v) is 4.16. The zero-order valence-corrected chi connectivity index (χ0v) is 7.25. The van der Waals surface area contributed by atoms with Crippen LogP contribution in [-0.4, -0.2) is 11.2 Å². The summed E-state index contributed by atoms with van der Waals surface area (Å²) in [5, 5.41) is 9.45. The van der Waals surface area contributed by atoms with Crippen LogP contribution in [-0.2, 0) is 0 Å². The minimum atomic E-state index is -0.313. The summed E-state index contributed by atoms with van der Waals surface area (Å²) in [6.45, 7) is 8.10. The molecule has 0 fully saturated rings. The van der Waals surface area contributed by atoms with E-state index >= 15 is 0 Å². The molecule has 0 saturated carbocycles. The summed E-state index contributed by atoms with van der Waals surface area (Å²) < 4.78 is 0. The Balaban J connectivity index is 2.63. The Bertz CT molecular complexity index is 179. The van der Waals surface area contributed by atoms with Crippen molar-refractivity contribution in [3.05, 3.63) is 24.3 Å². The van der Waals surface area contributed by atoms with Crippen molar-refractivity contribution in [3.8, 4) is 0 Å². The van der Waals surface area contributed by atoms with Crippen LogP contribution in [0.5, 0.6) is 0 Å². The molecule has 0 unspecified atom stereocenters. The lowest BCUT2D eigenvalue weighted by Crippen LogP contribution is -2.20. The van der Waals surface area contributed by atoms with Crippen LogP contribution in [0.1, 0.15) is 20.3 Å². The SMILES string of the molecule is C=C1C=C[C@H](C(C)C)C[C@H]1O. The van der Waals surface area contributed by atoms with E-state index in [1.165, 1.54) is 0 Å². The van der Waals surface area contributed by atoms with Crippen molar-refractivity contribution in [2.75, 3.05) is 0 Å².